The van der Waals surface area contributed by atoms with Crippen LogP contribution in [0, 0.1) is 0 Å². The van der Waals surface area contributed by atoms with Crippen LogP contribution in [0.3, 0.4) is 0 Å². The summed E-state index contributed by atoms with van der Waals surface area (Å²) in [5, 5.41) is 0. The van der Waals surface area contributed by atoms with Crippen LogP contribution in [0.2, 0.25) is 0 Å². The Hall–Kier alpha value is -1.84. The van der Waals surface area contributed by atoms with E-state index >= 15 is 0 Å². The largest absolute Gasteiger partial charge is 0.366 e. The lowest BCUT2D eigenvalue weighted by Gasteiger charge is -2.18. The fourth-order valence-corrected chi connectivity index (χ4v) is 2.50. The Morgan fingerprint density at radius 2 is 1.65 bits per heavy atom. The molecule has 0 radical (unpaired) electrons. The van der Waals surface area contributed by atoms with Crippen molar-refractivity contribution in [2.75, 3.05) is 0 Å². The monoisotopic (exact) mass is 232 g/mol. The first kappa shape index (κ1) is 11.6. The van der Waals surface area contributed by atoms with Gasteiger partial charge in [-0.15, -0.1) is 0 Å². The lowest BCUT2D eigenvalue weighted by Crippen LogP contribution is -2.22. The van der Waals surface area contributed by atoms with Gasteiger partial charge < -0.3 is 11.5 Å². The third kappa shape index (κ3) is 2.16. The summed E-state index contributed by atoms with van der Waals surface area (Å²) in [5.74, 6) is -0.949. The van der Waals surface area contributed by atoms with E-state index in [9.17, 15) is 9.59 Å². The smallest absolute Gasteiger partial charge is 0.249 e. The van der Waals surface area contributed by atoms with Crippen LogP contribution in [0.4, 0.5) is 0 Å². The van der Waals surface area contributed by atoms with Crippen molar-refractivity contribution in [1.29, 1.82) is 0 Å². The van der Waals surface area contributed by atoms with E-state index in [4.69, 9.17) is 11.5 Å². The minimum Gasteiger partial charge on any atom is -0.366 e. The van der Waals surface area contributed by atoms with E-state index in [0.717, 1.165) is 36.8 Å². The van der Waals surface area contributed by atoms with E-state index in [1.54, 1.807) is 12.1 Å². The number of primary amides is 2. The van der Waals surface area contributed by atoms with E-state index in [1.165, 1.54) is 0 Å². The second-order valence-electron chi connectivity index (χ2n) is 4.41. The first-order valence-electron chi connectivity index (χ1n) is 5.85. The highest BCUT2D eigenvalue weighted by Gasteiger charge is 2.20. The highest BCUT2D eigenvalue weighted by atomic mass is 16.1. The van der Waals surface area contributed by atoms with Gasteiger partial charge in [0.05, 0.1) is 0 Å². The molecule has 0 unspecified atom stereocenters. The van der Waals surface area contributed by atoms with Crippen LogP contribution < -0.4 is 11.5 Å². The van der Waals surface area contributed by atoms with Crippen LogP contribution >= 0.6 is 0 Å². The molecule has 1 aromatic rings. The van der Waals surface area contributed by atoms with Crippen LogP contribution in [0.15, 0.2) is 12.1 Å². The van der Waals surface area contributed by atoms with Crippen LogP contribution in [0.25, 0.3) is 0 Å². The number of benzene rings is 1. The van der Waals surface area contributed by atoms with Gasteiger partial charge in [0.25, 0.3) is 0 Å². The van der Waals surface area contributed by atoms with Gasteiger partial charge in [-0.3, -0.25) is 9.59 Å². The summed E-state index contributed by atoms with van der Waals surface area (Å²) in [6.07, 6.45) is 4.65. The standard InChI is InChI=1S/C13H16N2O2/c14-12(16)10-7-6-8-4-2-1-3-5-9(10)11(8)13(15)17/h6-7H,1-5H2,(H2,14,16)(H2,15,17). The fourth-order valence-electron chi connectivity index (χ4n) is 2.50. The van der Waals surface area contributed by atoms with E-state index < -0.39 is 11.8 Å². The third-order valence-electron chi connectivity index (χ3n) is 3.28. The highest BCUT2D eigenvalue weighted by Crippen LogP contribution is 2.25. The number of carbonyl (C=O) groups is 2. The molecule has 0 heterocycles. The Balaban J connectivity index is 2.66. The maximum atomic E-state index is 11.5. The molecule has 0 saturated carbocycles. The summed E-state index contributed by atoms with van der Waals surface area (Å²) in [6, 6.07) is 3.51. The van der Waals surface area contributed by atoms with Crippen LogP contribution in [0.5, 0.6) is 0 Å². The zero-order valence-electron chi connectivity index (χ0n) is 9.66. The quantitative estimate of drug-likeness (QED) is 0.801. The maximum Gasteiger partial charge on any atom is 0.249 e. The molecule has 0 fully saturated rings. The number of aryl methyl sites for hydroxylation is 1. The molecule has 4 heteroatoms. The average molecular weight is 232 g/mol. The Morgan fingerprint density at radius 3 is 2.29 bits per heavy atom. The fraction of sp³-hybridized carbons (Fsp3) is 0.385. The van der Waals surface area contributed by atoms with E-state index in [1.807, 2.05) is 0 Å². The second-order valence-corrected chi connectivity index (χ2v) is 4.41. The second kappa shape index (κ2) is 4.57. The van der Waals surface area contributed by atoms with Crippen LogP contribution in [-0.4, -0.2) is 11.8 Å². The molecule has 0 saturated heterocycles. The minimum absolute atomic E-state index is 0.435. The predicted octanol–water partition coefficient (Wildman–Crippen LogP) is 1.15. The lowest BCUT2D eigenvalue weighted by atomic mass is 9.87. The van der Waals surface area contributed by atoms with Gasteiger partial charge in [-0.05, 0) is 42.9 Å². The van der Waals surface area contributed by atoms with Crippen molar-refractivity contribution in [1.82, 2.24) is 0 Å². The summed E-state index contributed by atoms with van der Waals surface area (Å²) in [5.41, 5.74) is 13.4. The summed E-state index contributed by atoms with van der Waals surface area (Å²) >= 11 is 0. The number of carbonyl (C=O) groups excluding carboxylic acids is 2. The minimum atomic E-state index is -0.491. The number of fused-ring (bicyclic) bond motifs is 2. The summed E-state index contributed by atoms with van der Waals surface area (Å²) < 4.78 is 0. The van der Waals surface area contributed by atoms with Crippen molar-refractivity contribution in [3.63, 3.8) is 0 Å². The van der Waals surface area contributed by atoms with E-state index in [2.05, 4.69) is 0 Å². The molecule has 0 aliphatic heterocycles. The number of nitrogens with two attached hydrogens (primary N) is 2. The first-order chi connectivity index (χ1) is 8.11. The highest BCUT2D eigenvalue weighted by molar-refractivity contribution is 6.02. The molecule has 0 aromatic heterocycles. The summed E-state index contributed by atoms with van der Waals surface area (Å²) in [7, 11) is 0. The summed E-state index contributed by atoms with van der Waals surface area (Å²) in [6.45, 7) is 0. The molecule has 2 amide bonds. The molecular formula is C13H16N2O2. The Kier molecular flexibility index (Phi) is 3.13. The predicted molar refractivity (Wildman–Crippen MR) is 64.7 cm³/mol. The van der Waals surface area contributed by atoms with Crippen molar-refractivity contribution >= 4 is 11.8 Å². The van der Waals surface area contributed by atoms with Crippen LogP contribution in [0.1, 0.15) is 51.1 Å². The average Bonchev–Trinajstić information content (AvgIpc) is 2.25. The Morgan fingerprint density at radius 1 is 0.941 bits per heavy atom. The van der Waals surface area contributed by atoms with Crippen molar-refractivity contribution in [3.8, 4) is 0 Å². The number of amides is 2. The van der Waals surface area contributed by atoms with Gasteiger partial charge in [0.1, 0.15) is 0 Å². The molecule has 90 valence electrons. The maximum absolute atomic E-state index is 11.5. The van der Waals surface area contributed by atoms with Gasteiger partial charge in [-0.2, -0.15) is 0 Å². The molecule has 1 aliphatic rings. The third-order valence-corrected chi connectivity index (χ3v) is 3.28. The van der Waals surface area contributed by atoms with Gasteiger partial charge >= 0.3 is 0 Å². The van der Waals surface area contributed by atoms with Crippen LogP contribution in [-0.2, 0) is 12.8 Å². The van der Waals surface area contributed by atoms with Crippen molar-refractivity contribution in [2.24, 2.45) is 11.5 Å². The molecule has 1 aliphatic carbocycles. The zero-order chi connectivity index (χ0) is 12.4. The zero-order valence-corrected chi connectivity index (χ0v) is 9.66. The Labute approximate surface area is 100.0 Å². The van der Waals surface area contributed by atoms with Gasteiger partial charge in [-0.25, -0.2) is 0 Å². The van der Waals surface area contributed by atoms with Crippen molar-refractivity contribution < 1.29 is 9.59 Å². The molecule has 1 aromatic carbocycles. The first-order valence-corrected chi connectivity index (χ1v) is 5.85. The van der Waals surface area contributed by atoms with E-state index in [-0.39, 0.29) is 0 Å². The van der Waals surface area contributed by atoms with Gasteiger partial charge in [0.15, 0.2) is 0 Å². The summed E-state index contributed by atoms with van der Waals surface area (Å²) in [4.78, 5) is 22.9. The Bertz CT molecular complexity index is 481. The number of hydrogen-bond donors (Lipinski definition) is 2. The normalized spacial score (nSPS) is 14.8. The van der Waals surface area contributed by atoms with E-state index in [0.29, 0.717) is 17.5 Å². The van der Waals surface area contributed by atoms with Crippen molar-refractivity contribution in [2.45, 2.75) is 32.1 Å². The SMILES string of the molecule is NC(=O)c1ccc2c(C(N)=O)c1CCCCC2. The lowest BCUT2D eigenvalue weighted by molar-refractivity contribution is 0.0998. The van der Waals surface area contributed by atoms with Gasteiger partial charge in [0.2, 0.25) is 11.8 Å². The molecule has 0 atom stereocenters. The topological polar surface area (TPSA) is 86.2 Å². The molecule has 4 nitrogen and oxygen atoms in total. The van der Waals surface area contributed by atoms with Crippen molar-refractivity contribution in [3.05, 3.63) is 34.4 Å². The number of hydrogen-bond acceptors (Lipinski definition) is 2. The number of rotatable bonds is 2. The molecule has 0 spiro atoms. The molecule has 4 N–H and O–H groups in total. The molecule has 2 bridgehead atoms. The van der Waals surface area contributed by atoms with Gasteiger partial charge in [-0.1, -0.05) is 12.5 Å². The molecule has 17 heavy (non-hydrogen) atoms. The van der Waals surface area contributed by atoms with Gasteiger partial charge in [0, 0.05) is 11.1 Å². The molecular weight excluding hydrogens is 216 g/mol. The molecule has 2 rings (SSSR count).